The van der Waals surface area contributed by atoms with Crippen molar-refractivity contribution in [2.24, 2.45) is 0 Å². The lowest BCUT2D eigenvalue weighted by atomic mass is 10.2. The van der Waals surface area contributed by atoms with Gasteiger partial charge in [0.1, 0.15) is 5.75 Å². The molecule has 1 aromatic carbocycles. The fourth-order valence-electron chi connectivity index (χ4n) is 1.96. The molecular weight excluding hydrogens is 339 g/mol. The average Bonchev–Trinajstić information content (AvgIpc) is 3.06. The monoisotopic (exact) mass is 349 g/mol. The van der Waals surface area contributed by atoms with Crippen LogP contribution in [0.4, 0.5) is 18.9 Å². The number of carbonyl (C=O) groups is 1. The molecule has 0 atom stereocenters. The lowest BCUT2D eigenvalue weighted by molar-refractivity contribution is -0.274. The van der Waals surface area contributed by atoms with Gasteiger partial charge in [0.2, 0.25) is 0 Å². The Morgan fingerprint density at radius 2 is 1.92 bits per heavy atom. The van der Waals surface area contributed by atoms with E-state index in [-0.39, 0.29) is 17.1 Å². The van der Waals surface area contributed by atoms with Gasteiger partial charge in [-0.15, -0.1) is 13.2 Å². The molecule has 0 aliphatic carbocycles. The summed E-state index contributed by atoms with van der Waals surface area (Å²) in [6.07, 6.45) is -1.62. The first-order valence-electron chi connectivity index (χ1n) is 6.95. The van der Waals surface area contributed by atoms with Gasteiger partial charge >= 0.3 is 6.36 Å². The molecule has 25 heavy (non-hydrogen) atoms. The van der Waals surface area contributed by atoms with Crippen LogP contribution in [0, 0.1) is 0 Å². The van der Waals surface area contributed by atoms with E-state index in [1.807, 2.05) is 0 Å². The van der Waals surface area contributed by atoms with E-state index in [1.54, 1.807) is 24.5 Å². The fourth-order valence-corrected chi connectivity index (χ4v) is 1.96. The summed E-state index contributed by atoms with van der Waals surface area (Å²) in [6.45, 7) is 0. The summed E-state index contributed by atoms with van der Waals surface area (Å²) in [5.41, 5.74) is 0.961. The molecule has 0 saturated heterocycles. The highest BCUT2D eigenvalue weighted by Crippen LogP contribution is 2.24. The molecule has 1 N–H and O–H groups in total. The second-order valence-corrected chi connectivity index (χ2v) is 4.84. The predicted molar refractivity (Wildman–Crippen MR) is 80.8 cm³/mol. The molecule has 0 spiro atoms. The van der Waals surface area contributed by atoms with Crippen molar-refractivity contribution in [3.8, 4) is 17.1 Å². The number of rotatable bonds is 4. The van der Waals surface area contributed by atoms with Gasteiger partial charge in [-0.1, -0.05) is 5.16 Å². The maximum Gasteiger partial charge on any atom is 0.573 e. The standard InChI is InChI=1S/C16H10F3N3O3/c17-16(18,19)24-12-5-3-11(4-6-12)21-15(23)13-8-14(25-22-13)10-2-1-7-20-9-10/h1-9H,(H,21,23). The summed E-state index contributed by atoms with van der Waals surface area (Å²) >= 11 is 0. The number of ether oxygens (including phenoxy) is 1. The lowest BCUT2D eigenvalue weighted by Crippen LogP contribution is -2.17. The van der Waals surface area contributed by atoms with Gasteiger partial charge < -0.3 is 14.6 Å². The summed E-state index contributed by atoms with van der Waals surface area (Å²) in [4.78, 5) is 16.0. The Balaban J connectivity index is 1.67. The van der Waals surface area contributed by atoms with Crippen LogP contribution in [-0.2, 0) is 0 Å². The zero-order valence-electron chi connectivity index (χ0n) is 12.4. The smallest absolute Gasteiger partial charge is 0.406 e. The lowest BCUT2D eigenvalue weighted by Gasteiger charge is -2.09. The number of benzene rings is 1. The predicted octanol–water partition coefficient (Wildman–Crippen LogP) is 3.89. The van der Waals surface area contributed by atoms with Crippen molar-refractivity contribution in [1.29, 1.82) is 0 Å². The highest BCUT2D eigenvalue weighted by atomic mass is 19.4. The number of hydrogen-bond donors (Lipinski definition) is 1. The number of aromatic nitrogens is 2. The van der Waals surface area contributed by atoms with Crippen LogP contribution < -0.4 is 10.1 Å². The van der Waals surface area contributed by atoms with Crippen LogP contribution in [0.1, 0.15) is 10.5 Å². The van der Waals surface area contributed by atoms with Crippen molar-refractivity contribution < 1.29 is 27.2 Å². The molecule has 0 fully saturated rings. The summed E-state index contributed by atoms with van der Waals surface area (Å²) in [5.74, 6) is -0.582. The third kappa shape index (κ3) is 4.34. The van der Waals surface area contributed by atoms with Crippen LogP contribution in [0.5, 0.6) is 5.75 Å². The number of halogens is 3. The molecule has 3 rings (SSSR count). The number of amides is 1. The highest BCUT2D eigenvalue weighted by Gasteiger charge is 2.31. The van der Waals surface area contributed by atoms with Crippen molar-refractivity contribution in [1.82, 2.24) is 10.1 Å². The Bertz CT molecular complexity index is 862. The van der Waals surface area contributed by atoms with Crippen molar-refractivity contribution in [3.05, 3.63) is 60.6 Å². The van der Waals surface area contributed by atoms with Crippen LogP contribution in [0.25, 0.3) is 11.3 Å². The third-order valence-electron chi connectivity index (χ3n) is 3.03. The molecule has 9 heteroatoms. The molecule has 0 bridgehead atoms. The van der Waals surface area contributed by atoms with Crippen molar-refractivity contribution in [2.75, 3.05) is 5.32 Å². The highest BCUT2D eigenvalue weighted by molar-refractivity contribution is 6.03. The van der Waals surface area contributed by atoms with Gasteiger partial charge in [0.05, 0.1) is 0 Å². The maximum absolute atomic E-state index is 12.1. The minimum Gasteiger partial charge on any atom is -0.406 e. The Morgan fingerprint density at radius 1 is 1.16 bits per heavy atom. The summed E-state index contributed by atoms with van der Waals surface area (Å²) in [5, 5.41) is 6.17. The fraction of sp³-hybridized carbons (Fsp3) is 0.0625. The number of hydrogen-bond acceptors (Lipinski definition) is 5. The zero-order valence-corrected chi connectivity index (χ0v) is 12.4. The normalized spacial score (nSPS) is 11.2. The van der Waals surface area contributed by atoms with Gasteiger partial charge in [0, 0.05) is 29.7 Å². The van der Waals surface area contributed by atoms with E-state index >= 15 is 0 Å². The number of carbonyl (C=O) groups excluding carboxylic acids is 1. The average molecular weight is 349 g/mol. The van der Waals surface area contributed by atoms with Gasteiger partial charge in [-0.05, 0) is 36.4 Å². The van der Waals surface area contributed by atoms with Crippen molar-refractivity contribution in [3.63, 3.8) is 0 Å². The first kappa shape index (κ1) is 16.5. The minimum absolute atomic E-state index is 0.0227. The quantitative estimate of drug-likeness (QED) is 0.773. The van der Waals surface area contributed by atoms with E-state index < -0.39 is 12.3 Å². The first-order valence-corrected chi connectivity index (χ1v) is 6.95. The summed E-state index contributed by atoms with van der Waals surface area (Å²) in [7, 11) is 0. The third-order valence-corrected chi connectivity index (χ3v) is 3.03. The summed E-state index contributed by atoms with van der Waals surface area (Å²) < 4.78 is 45.1. The number of alkyl halides is 3. The molecular formula is C16H10F3N3O3. The summed E-state index contributed by atoms with van der Waals surface area (Å²) in [6, 6.07) is 9.63. The molecule has 0 unspecified atom stereocenters. The minimum atomic E-state index is -4.77. The first-order chi connectivity index (χ1) is 11.9. The Hall–Kier alpha value is -3.36. The van der Waals surface area contributed by atoms with E-state index in [9.17, 15) is 18.0 Å². The number of nitrogens with one attached hydrogen (secondary N) is 1. The number of anilines is 1. The van der Waals surface area contributed by atoms with Crippen LogP contribution in [0.2, 0.25) is 0 Å². The van der Waals surface area contributed by atoms with Crippen molar-refractivity contribution in [2.45, 2.75) is 6.36 Å². The van der Waals surface area contributed by atoms with E-state index in [0.29, 0.717) is 11.3 Å². The van der Waals surface area contributed by atoms with E-state index in [4.69, 9.17) is 4.52 Å². The van der Waals surface area contributed by atoms with Crippen LogP contribution in [-0.4, -0.2) is 22.4 Å². The van der Waals surface area contributed by atoms with Crippen molar-refractivity contribution >= 4 is 11.6 Å². The molecule has 0 radical (unpaired) electrons. The topological polar surface area (TPSA) is 77.2 Å². The molecule has 3 aromatic rings. The Labute approximate surface area is 139 Å². The van der Waals surface area contributed by atoms with Crippen LogP contribution in [0.3, 0.4) is 0 Å². The molecule has 2 heterocycles. The molecule has 128 valence electrons. The Morgan fingerprint density at radius 3 is 2.56 bits per heavy atom. The molecule has 0 aliphatic heterocycles. The van der Waals surface area contributed by atoms with Gasteiger partial charge in [0.25, 0.3) is 5.91 Å². The maximum atomic E-state index is 12.1. The second-order valence-electron chi connectivity index (χ2n) is 4.84. The van der Waals surface area contributed by atoms with Gasteiger partial charge in [0.15, 0.2) is 11.5 Å². The molecule has 1 amide bonds. The van der Waals surface area contributed by atoms with Gasteiger partial charge in [-0.25, -0.2) is 0 Å². The second kappa shape index (κ2) is 6.63. The number of pyridine rings is 1. The van der Waals surface area contributed by atoms with E-state index in [1.165, 1.54) is 18.2 Å². The Kier molecular flexibility index (Phi) is 4.38. The largest absolute Gasteiger partial charge is 0.573 e. The van der Waals surface area contributed by atoms with Gasteiger partial charge in [-0.3, -0.25) is 9.78 Å². The van der Waals surface area contributed by atoms with E-state index in [0.717, 1.165) is 12.1 Å². The van der Waals surface area contributed by atoms with Crippen LogP contribution in [0.15, 0.2) is 59.4 Å². The molecule has 2 aromatic heterocycles. The van der Waals surface area contributed by atoms with E-state index in [2.05, 4.69) is 20.2 Å². The molecule has 0 aliphatic rings. The molecule has 6 nitrogen and oxygen atoms in total. The van der Waals surface area contributed by atoms with Gasteiger partial charge in [-0.2, -0.15) is 0 Å². The molecule has 0 saturated carbocycles. The van der Waals surface area contributed by atoms with Crippen LogP contribution >= 0.6 is 0 Å². The zero-order chi connectivity index (χ0) is 17.9. The SMILES string of the molecule is O=C(Nc1ccc(OC(F)(F)F)cc1)c1cc(-c2cccnc2)on1. The number of nitrogens with zero attached hydrogens (tertiary/aromatic N) is 2.